The van der Waals surface area contributed by atoms with E-state index >= 15 is 0 Å². The summed E-state index contributed by atoms with van der Waals surface area (Å²) < 4.78 is 29.6. The Morgan fingerprint density at radius 2 is 1.65 bits per heavy atom. The zero-order chi connectivity index (χ0) is 15.2. The molecule has 1 heterocycles. The maximum absolute atomic E-state index is 10.5. The monoisotopic (exact) mass is 294 g/mol. The highest BCUT2D eigenvalue weighted by atomic mass is 32.2. The van der Waals surface area contributed by atoms with Crippen LogP contribution < -0.4 is 4.90 Å². The molecule has 0 fully saturated rings. The first-order valence-electron chi connectivity index (χ1n) is 5.93. The Labute approximate surface area is 119 Å². The lowest BCUT2D eigenvalue weighted by Gasteiger charge is -2.08. The van der Waals surface area contributed by atoms with Gasteiger partial charge in [0.05, 0.1) is 4.90 Å². The number of hydrogen-bond acceptors (Lipinski definition) is 4. The quantitative estimate of drug-likeness (QED) is 0.861. The van der Waals surface area contributed by atoms with Gasteiger partial charge in [0.25, 0.3) is 10.1 Å². The summed E-state index contributed by atoms with van der Waals surface area (Å²) in [6, 6.07) is 11.8. The van der Waals surface area contributed by atoms with Crippen molar-refractivity contribution in [3.63, 3.8) is 0 Å². The predicted molar refractivity (Wildman–Crippen MR) is 79.6 cm³/mol. The van der Waals surface area contributed by atoms with Crippen molar-refractivity contribution in [2.45, 2.75) is 11.8 Å². The van der Waals surface area contributed by atoms with E-state index in [-0.39, 0.29) is 4.90 Å². The van der Waals surface area contributed by atoms with Crippen molar-refractivity contribution in [2.75, 3.05) is 19.0 Å². The highest BCUT2D eigenvalue weighted by Crippen LogP contribution is 2.08. The molecule has 20 heavy (non-hydrogen) atoms. The SMILES string of the molecule is CN(C)c1ccccn1.Cc1ccc(S(=O)(=O)O)cc1. The smallest absolute Gasteiger partial charge is 0.294 e. The Morgan fingerprint density at radius 3 is 2.00 bits per heavy atom. The van der Waals surface area contributed by atoms with Crippen LogP contribution in [-0.2, 0) is 10.1 Å². The lowest BCUT2D eigenvalue weighted by atomic mass is 10.2. The molecular formula is C14H18N2O3S. The van der Waals surface area contributed by atoms with Crippen LogP contribution in [0.3, 0.4) is 0 Å². The summed E-state index contributed by atoms with van der Waals surface area (Å²) in [5, 5.41) is 0. The molecule has 5 nitrogen and oxygen atoms in total. The Hall–Kier alpha value is -1.92. The lowest BCUT2D eigenvalue weighted by molar-refractivity contribution is 0.483. The van der Waals surface area contributed by atoms with Gasteiger partial charge in [-0.3, -0.25) is 4.55 Å². The van der Waals surface area contributed by atoms with Crippen LogP contribution in [0.15, 0.2) is 53.6 Å². The molecule has 0 unspecified atom stereocenters. The molecule has 6 heteroatoms. The zero-order valence-corrected chi connectivity index (χ0v) is 12.5. The number of aromatic nitrogens is 1. The molecule has 0 radical (unpaired) electrons. The molecule has 1 aromatic carbocycles. The molecule has 0 amide bonds. The fourth-order valence-corrected chi connectivity index (χ4v) is 1.81. The summed E-state index contributed by atoms with van der Waals surface area (Å²) in [6.45, 7) is 1.84. The first-order valence-corrected chi connectivity index (χ1v) is 7.37. The van der Waals surface area contributed by atoms with Crippen LogP contribution in [0.2, 0.25) is 0 Å². The van der Waals surface area contributed by atoms with Crippen molar-refractivity contribution < 1.29 is 13.0 Å². The standard InChI is InChI=1S/C7H10N2.C7H8O3S/c1-9(2)7-5-3-4-6-8-7;1-6-2-4-7(5-3-6)11(8,9)10/h3-6H,1-2H3;2-5H,1H3,(H,8,9,10). The maximum Gasteiger partial charge on any atom is 0.294 e. The van der Waals surface area contributed by atoms with E-state index in [1.165, 1.54) is 12.1 Å². The molecule has 1 N–H and O–H groups in total. The van der Waals surface area contributed by atoms with E-state index in [2.05, 4.69) is 4.98 Å². The first-order chi connectivity index (χ1) is 9.30. The van der Waals surface area contributed by atoms with Gasteiger partial charge in [-0.1, -0.05) is 23.8 Å². The number of hydrogen-bond donors (Lipinski definition) is 1. The largest absolute Gasteiger partial charge is 0.363 e. The van der Waals surface area contributed by atoms with Crippen LogP contribution in [0.4, 0.5) is 5.82 Å². The van der Waals surface area contributed by atoms with Crippen molar-refractivity contribution in [3.05, 3.63) is 54.2 Å². The summed E-state index contributed by atoms with van der Waals surface area (Å²) >= 11 is 0. The molecule has 1 aromatic heterocycles. The van der Waals surface area contributed by atoms with E-state index in [1.54, 1.807) is 18.3 Å². The second-order valence-corrected chi connectivity index (χ2v) is 5.79. The van der Waals surface area contributed by atoms with Crippen LogP contribution in [-0.4, -0.2) is 32.0 Å². The summed E-state index contributed by atoms with van der Waals surface area (Å²) in [5.74, 6) is 0.998. The van der Waals surface area contributed by atoms with Crippen molar-refractivity contribution in [1.82, 2.24) is 4.98 Å². The van der Waals surface area contributed by atoms with Gasteiger partial charge in [0, 0.05) is 20.3 Å². The molecule has 0 saturated carbocycles. The molecular weight excluding hydrogens is 276 g/mol. The molecule has 0 spiro atoms. The van der Waals surface area contributed by atoms with Crippen molar-refractivity contribution in [1.29, 1.82) is 0 Å². The van der Waals surface area contributed by atoms with Gasteiger partial charge in [0.15, 0.2) is 0 Å². The van der Waals surface area contributed by atoms with E-state index in [4.69, 9.17) is 4.55 Å². The van der Waals surface area contributed by atoms with E-state index in [0.717, 1.165) is 11.4 Å². The Balaban J connectivity index is 0.000000204. The fraction of sp³-hybridized carbons (Fsp3) is 0.214. The molecule has 2 rings (SSSR count). The molecule has 0 saturated heterocycles. The van der Waals surface area contributed by atoms with Gasteiger partial charge in [-0.05, 0) is 31.2 Å². The lowest BCUT2D eigenvalue weighted by Crippen LogP contribution is -2.09. The normalized spacial score (nSPS) is 10.4. The van der Waals surface area contributed by atoms with Gasteiger partial charge < -0.3 is 4.90 Å². The number of nitrogens with zero attached hydrogens (tertiary/aromatic N) is 2. The minimum absolute atomic E-state index is 0.0666. The van der Waals surface area contributed by atoms with Gasteiger partial charge >= 0.3 is 0 Å². The zero-order valence-electron chi connectivity index (χ0n) is 11.7. The highest BCUT2D eigenvalue weighted by molar-refractivity contribution is 7.85. The van der Waals surface area contributed by atoms with Crippen LogP contribution in [0.5, 0.6) is 0 Å². The van der Waals surface area contributed by atoms with E-state index in [1.807, 2.05) is 44.1 Å². The number of anilines is 1. The topological polar surface area (TPSA) is 70.5 Å². The van der Waals surface area contributed by atoms with Crippen molar-refractivity contribution >= 4 is 15.9 Å². The molecule has 2 aromatic rings. The summed E-state index contributed by atoms with van der Waals surface area (Å²) in [7, 11) is -0.0705. The summed E-state index contributed by atoms with van der Waals surface area (Å²) in [6.07, 6.45) is 1.79. The Bertz CT molecular complexity index is 623. The third-order valence-electron chi connectivity index (χ3n) is 2.43. The van der Waals surface area contributed by atoms with Gasteiger partial charge in [-0.2, -0.15) is 8.42 Å². The fourth-order valence-electron chi connectivity index (χ4n) is 1.33. The number of benzene rings is 1. The van der Waals surface area contributed by atoms with Crippen LogP contribution >= 0.6 is 0 Å². The third kappa shape index (κ3) is 5.38. The predicted octanol–water partition coefficient (Wildman–Crippen LogP) is 2.39. The average molecular weight is 294 g/mol. The van der Waals surface area contributed by atoms with Crippen molar-refractivity contribution in [3.8, 4) is 0 Å². The molecule has 0 aliphatic rings. The second-order valence-electron chi connectivity index (χ2n) is 4.37. The third-order valence-corrected chi connectivity index (χ3v) is 3.29. The summed E-state index contributed by atoms with van der Waals surface area (Å²) in [5.41, 5.74) is 0.956. The molecule has 0 atom stereocenters. The number of aryl methyl sites for hydroxylation is 1. The molecule has 0 bridgehead atoms. The molecule has 0 aliphatic carbocycles. The second kappa shape index (κ2) is 7.02. The van der Waals surface area contributed by atoms with Crippen molar-refractivity contribution in [2.24, 2.45) is 0 Å². The van der Waals surface area contributed by atoms with Gasteiger partial charge in [0.2, 0.25) is 0 Å². The van der Waals surface area contributed by atoms with Gasteiger partial charge in [0.1, 0.15) is 5.82 Å². The van der Waals surface area contributed by atoms with Gasteiger partial charge in [-0.25, -0.2) is 4.98 Å². The first kappa shape index (κ1) is 16.1. The minimum Gasteiger partial charge on any atom is -0.363 e. The number of pyridine rings is 1. The average Bonchev–Trinajstić information content (AvgIpc) is 2.40. The maximum atomic E-state index is 10.5. The van der Waals surface area contributed by atoms with Crippen LogP contribution in [0, 0.1) is 6.92 Å². The Morgan fingerprint density at radius 1 is 1.05 bits per heavy atom. The number of rotatable bonds is 2. The van der Waals surface area contributed by atoms with Crippen LogP contribution in [0.25, 0.3) is 0 Å². The van der Waals surface area contributed by atoms with E-state index < -0.39 is 10.1 Å². The highest BCUT2D eigenvalue weighted by Gasteiger charge is 2.06. The van der Waals surface area contributed by atoms with Crippen LogP contribution in [0.1, 0.15) is 5.56 Å². The summed E-state index contributed by atoms with van der Waals surface area (Å²) in [4.78, 5) is 6.01. The molecule has 108 valence electrons. The van der Waals surface area contributed by atoms with E-state index in [0.29, 0.717) is 0 Å². The Kier molecular flexibility index (Phi) is 5.66. The molecule has 0 aliphatic heterocycles. The van der Waals surface area contributed by atoms with Gasteiger partial charge in [-0.15, -0.1) is 0 Å². The minimum atomic E-state index is -4.02. The van der Waals surface area contributed by atoms with E-state index in [9.17, 15) is 8.42 Å².